The third kappa shape index (κ3) is 4.61. The summed E-state index contributed by atoms with van der Waals surface area (Å²) in [6, 6.07) is 4.03. The molecule has 1 aromatic rings. The highest BCUT2D eigenvalue weighted by Gasteiger charge is 2.27. The summed E-state index contributed by atoms with van der Waals surface area (Å²) in [7, 11) is 0. The third-order valence-corrected chi connectivity index (χ3v) is 2.16. The largest absolute Gasteiger partial charge is 0.411 e. The molecule has 0 N–H and O–H groups in total. The summed E-state index contributed by atoms with van der Waals surface area (Å²) in [4.78, 5) is 0. The van der Waals surface area contributed by atoms with Crippen molar-refractivity contribution in [1.82, 2.24) is 0 Å². The fourth-order valence-electron chi connectivity index (χ4n) is 0.914. The molecule has 0 saturated carbocycles. The molecule has 1 nitrogen and oxygen atoms in total. The van der Waals surface area contributed by atoms with Gasteiger partial charge in [0.25, 0.3) is 0 Å². The van der Waals surface area contributed by atoms with Crippen molar-refractivity contribution in [2.45, 2.75) is 12.8 Å². The first-order valence-corrected chi connectivity index (χ1v) is 4.76. The number of ether oxygens (including phenoxy) is 1. The average molecular weight is 287 g/mol. The third-order valence-electron chi connectivity index (χ3n) is 1.52. The fourth-order valence-corrected chi connectivity index (χ4v) is 1.16. The Morgan fingerprint density at radius 3 is 2.47 bits per heavy atom. The highest BCUT2D eigenvalue weighted by atomic mass is 79.9. The summed E-state index contributed by atoms with van der Waals surface area (Å²) in [5.74, 6) is -0.525. The minimum atomic E-state index is -4.35. The van der Waals surface area contributed by atoms with Crippen molar-refractivity contribution >= 4 is 15.9 Å². The molecule has 0 aromatic heterocycles. The Balaban J connectivity index is 2.48. The Kier molecular flexibility index (Phi) is 4.10. The van der Waals surface area contributed by atoms with E-state index in [9.17, 15) is 17.6 Å². The van der Waals surface area contributed by atoms with Crippen molar-refractivity contribution in [3.8, 4) is 0 Å². The topological polar surface area (TPSA) is 9.23 Å². The molecule has 0 radical (unpaired) electrons. The number of alkyl halides is 3. The summed E-state index contributed by atoms with van der Waals surface area (Å²) in [6.45, 7) is -1.59. The Morgan fingerprint density at radius 2 is 1.93 bits per heavy atom. The van der Waals surface area contributed by atoms with Crippen LogP contribution in [0, 0.1) is 5.82 Å². The second-order valence-electron chi connectivity index (χ2n) is 2.86. The van der Waals surface area contributed by atoms with Gasteiger partial charge in [0.15, 0.2) is 0 Å². The minimum Gasteiger partial charge on any atom is -0.367 e. The summed E-state index contributed by atoms with van der Waals surface area (Å²) in [5.41, 5.74) is 0.361. The maximum atomic E-state index is 12.9. The molecule has 0 spiro atoms. The van der Waals surface area contributed by atoms with Gasteiger partial charge in [-0.05, 0) is 33.6 Å². The number of rotatable bonds is 3. The van der Waals surface area contributed by atoms with E-state index < -0.39 is 18.6 Å². The maximum absolute atomic E-state index is 12.9. The van der Waals surface area contributed by atoms with Crippen LogP contribution in [0.1, 0.15) is 5.56 Å². The van der Waals surface area contributed by atoms with Crippen LogP contribution >= 0.6 is 15.9 Å². The van der Waals surface area contributed by atoms with Crippen LogP contribution in [0.2, 0.25) is 0 Å². The van der Waals surface area contributed by atoms with Crippen molar-refractivity contribution in [2.75, 3.05) is 6.61 Å². The first kappa shape index (κ1) is 12.4. The van der Waals surface area contributed by atoms with E-state index in [0.29, 0.717) is 5.56 Å². The van der Waals surface area contributed by atoms with E-state index in [4.69, 9.17) is 0 Å². The van der Waals surface area contributed by atoms with Gasteiger partial charge in [-0.15, -0.1) is 0 Å². The molecule has 1 rings (SSSR count). The van der Waals surface area contributed by atoms with Gasteiger partial charge >= 0.3 is 6.18 Å². The number of hydrogen-bond donors (Lipinski definition) is 0. The summed E-state index contributed by atoms with van der Waals surface area (Å²) in [5, 5.41) is 0. The molecule has 0 bridgehead atoms. The monoisotopic (exact) mass is 286 g/mol. The normalized spacial score (nSPS) is 11.8. The predicted octanol–water partition coefficient (Wildman–Crippen LogP) is 3.67. The van der Waals surface area contributed by atoms with Gasteiger partial charge in [-0.1, -0.05) is 6.07 Å². The van der Waals surface area contributed by atoms with Gasteiger partial charge in [0.2, 0.25) is 0 Å². The lowest BCUT2D eigenvalue weighted by Gasteiger charge is -2.07. The zero-order chi connectivity index (χ0) is 11.5. The Morgan fingerprint density at radius 1 is 1.27 bits per heavy atom. The Bertz CT molecular complexity index is 337. The quantitative estimate of drug-likeness (QED) is 0.771. The van der Waals surface area contributed by atoms with Crippen LogP contribution in [-0.2, 0) is 11.3 Å². The van der Waals surface area contributed by atoms with E-state index in [0.717, 1.165) is 6.07 Å². The van der Waals surface area contributed by atoms with Crippen molar-refractivity contribution in [3.63, 3.8) is 0 Å². The molecular formula is C9H7BrF4O. The fraction of sp³-hybridized carbons (Fsp3) is 0.333. The lowest BCUT2D eigenvalue weighted by molar-refractivity contribution is -0.176. The zero-order valence-corrected chi connectivity index (χ0v) is 9.03. The second kappa shape index (κ2) is 4.94. The van der Waals surface area contributed by atoms with E-state index in [2.05, 4.69) is 20.7 Å². The van der Waals surface area contributed by atoms with Gasteiger partial charge in [0.1, 0.15) is 12.4 Å². The average Bonchev–Trinajstić information content (AvgIpc) is 2.09. The number of halogens is 5. The van der Waals surface area contributed by atoms with Gasteiger partial charge in [-0.2, -0.15) is 13.2 Å². The molecule has 15 heavy (non-hydrogen) atoms. The molecule has 0 heterocycles. The summed E-state index contributed by atoms with van der Waals surface area (Å²) >= 11 is 2.93. The molecule has 0 atom stereocenters. The minimum absolute atomic E-state index is 0.260. The van der Waals surface area contributed by atoms with Crippen LogP contribution in [0.3, 0.4) is 0 Å². The van der Waals surface area contributed by atoms with Gasteiger partial charge < -0.3 is 4.74 Å². The van der Waals surface area contributed by atoms with Gasteiger partial charge in [0.05, 0.1) is 11.1 Å². The van der Waals surface area contributed by atoms with Crippen LogP contribution in [0.5, 0.6) is 0 Å². The van der Waals surface area contributed by atoms with Crippen LogP contribution in [0.25, 0.3) is 0 Å². The molecule has 0 unspecified atom stereocenters. The van der Waals surface area contributed by atoms with Crippen LogP contribution in [-0.4, -0.2) is 12.8 Å². The lowest BCUT2D eigenvalue weighted by atomic mass is 10.2. The van der Waals surface area contributed by atoms with E-state index in [1.165, 1.54) is 12.1 Å². The van der Waals surface area contributed by atoms with Crippen molar-refractivity contribution in [3.05, 3.63) is 34.1 Å². The van der Waals surface area contributed by atoms with Crippen molar-refractivity contribution in [1.29, 1.82) is 0 Å². The molecule has 0 saturated heterocycles. The molecular weight excluding hydrogens is 280 g/mol. The number of benzene rings is 1. The van der Waals surface area contributed by atoms with Crippen molar-refractivity contribution < 1.29 is 22.3 Å². The smallest absolute Gasteiger partial charge is 0.367 e. The molecule has 84 valence electrons. The van der Waals surface area contributed by atoms with Crippen LogP contribution in [0.15, 0.2) is 22.7 Å². The lowest BCUT2D eigenvalue weighted by Crippen LogP contribution is -2.16. The first-order chi connectivity index (χ1) is 6.88. The molecule has 0 aliphatic rings. The van der Waals surface area contributed by atoms with Gasteiger partial charge in [0, 0.05) is 0 Å². The second-order valence-corrected chi connectivity index (χ2v) is 3.71. The molecule has 0 aliphatic heterocycles. The van der Waals surface area contributed by atoms with E-state index in [1.807, 2.05) is 0 Å². The van der Waals surface area contributed by atoms with Gasteiger partial charge in [-0.25, -0.2) is 4.39 Å². The molecule has 0 fully saturated rings. The Hall–Kier alpha value is -0.620. The van der Waals surface area contributed by atoms with Crippen molar-refractivity contribution in [2.24, 2.45) is 0 Å². The summed E-state index contributed by atoms with van der Waals surface area (Å²) in [6.07, 6.45) is -4.35. The van der Waals surface area contributed by atoms with Gasteiger partial charge in [-0.3, -0.25) is 0 Å². The SMILES string of the molecule is Fc1cc(COCC(F)(F)F)ccc1Br. The molecule has 1 aromatic carbocycles. The van der Waals surface area contributed by atoms with Crippen LogP contribution < -0.4 is 0 Å². The maximum Gasteiger partial charge on any atom is 0.411 e. The van der Waals surface area contributed by atoms with E-state index >= 15 is 0 Å². The number of hydrogen-bond acceptors (Lipinski definition) is 1. The standard InChI is InChI=1S/C9H7BrF4O/c10-7-2-1-6(3-8(7)11)4-15-5-9(12,13)14/h1-3H,4-5H2. The van der Waals surface area contributed by atoms with Crippen LogP contribution in [0.4, 0.5) is 17.6 Å². The highest BCUT2D eigenvalue weighted by molar-refractivity contribution is 9.10. The van der Waals surface area contributed by atoms with E-state index in [1.54, 1.807) is 0 Å². The highest BCUT2D eigenvalue weighted by Crippen LogP contribution is 2.18. The Labute approximate surface area is 92.2 Å². The molecule has 6 heteroatoms. The molecule has 0 aliphatic carbocycles. The first-order valence-electron chi connectivity index (χ1n) is 3.97. The predicted molar refractivity (Wildman–Crippen MR) is 49.8 cm³/mol. The zero-order valence-electron chi connectivity index (χ0n) is 7.44. The summed E-state index contributed by atoms with van der Waals surface area (Å²) < 4.78 is 52.6. The van der Waals surface area contributed by atoms with E-state index in [-0.39, 0.29) is 11.1 Å². The molecule has 0 amide bonds.